The highest BCUT2D eigenvalue weighted by Crippen LogP contribution is 2.26. The van der Waals surface area contributed by atoms with E-state index >= 15 is 0 Å². The van der Waals surface area contributed by atoms with E-state index in [1.54, 1.807) is 0 Å². The van der Waals surface area contributed by atoms with E-state index in [1.165, 1.54) is 28.1 Å². The first kappa shape index (κ1) is 17.4. The zero-order chi connectivity index (χ0) is 17.3. The van der Waals surface area contributed by atoms with Crippen molar-refractivity contribution in [3.8, 4) is 0 Å². The third-order valence-corrected chi connectivity index (χ3v) is 6.47. The van der Waals surface area contributed by atoms with Gasteiger partial charge in [0.25, 0.3) is 0 Å². The van der Waals surface area contributed by atoms with Gasteiger partial charge in [0.1, 0.15) is 0 Å². The van der Waals surface area contributed by atoms with Crippen molar-refractivity contribution in [3.05, 3.63) is 34.9 Å². The Hall–Kier alpha value is -1.40. The molecule has 1 heterocycles. The van der Waals surface area contributed by atoms with Crippen molar-refractivity contribution in [3.63, 3.8) is 0 Å². The van der Waals surface area contributed by atoms with Gasteiger partial charge in [0, 0.05) is 13.1 Å². The molecule has 1 N–H and O–H groups in total. The molecule has 3 rings (SSSR count). The number of rotatable bonds is 4. The summed E-state index contributed by atoms with van der Waals surface area (Å²) in [6.07, 6.45) is 6.17. The summed E-state index contributed by atoms with van der Waals surface area (Å²) in [5, 5.41) is 3.07. The monoisotopic (exact) mass is 350 g/mol. The van der Waals surface area contributed by atoms with Gasteiger partial charge in [-0.25, -0.2) is 12.7 Å². The van der Waals surface area contributed by atoms with E-state index in [-0.39, 0.29) is 17.9 Å². The fourth-order valence-electron chi connectivity index (χ4n) is 3.73. The van der Waals surface area contributed by atoms with Gasteiger partial charge in [0.05, 0.1) is 18.2 Å². The normalized spacial score (nSPS) is 22.8. The summed E-state index contributed by atoms with van der Waals surface area (Å²) in [5.74, 6) is -0.304. The van der Waals surface area contributed by atoms with Crippen molar-refractivity contribution in [2.45, 2.75) is 45.1 Å². The number of nitrogens with one attached hydrogen (secondary N) is 1. The molecule has 0 aromatic heterocycles. The Morgan fingerprint density at radius 3 is 2.75 bits per heavy atom. The number of sulfonamides is 1. The van der Waals surface area contributed by atoms with E-state index in [0.717, 1.165) is 31.2 Å². The number of carbonyl (C=O) groups excluding carboxylic acids is 1. The second kappa shape index (κ2) is 6.84. The van der Waals surface area contributed by atoms with Crippen LogP contribution in [0.1, 0.15) is 48.9 Å². The summed E-state index contributed by atoms with van der Waals surface area (Å²) >= 11 is 0. The maximum absolute atomic E-state index is 12.6. The minimum absolute atomic E-state index is 0.0450. The van der Waals surface area contributed by atoms with Crippen LogP contribution < -0.4 is 5.32 Å². The molecule has 0 bridgehead atoms. The minimum Gasteiger partial charge on any atom is -0.349 e. The van der Waals surface area contributed by atoms with Gasteiger partial charge in [-0.3, -0.25) is 4.79 Å². The lowest BCUT2D eigenvalue weighted by Crippen LogP contribution is -2.45. The summed E-state index contributed by atoms with van der Waals surface area (Å²) in [6, 6.07) is 6.42. The predicted molar refractivity (Wildman–Crippen MR) is 94.2 cm³/mol. The highest BCUT2D eigenvalue weighted by Gasteiger charge is 2.30. The Kier molecular flexibility index (Phi) is 4.97. The average Bonchev–Trinajstić information content (AvgIpc) is 3.01. The molecule has 1 saturated heterocycles. The third kappa shape index (κ3) is 3.81. The Labute approximate surface area is 144 Å². The van der Waals surface area contributed by atoms with E-state index in [2.05, 4.69) is 23.5 Å². The van der Waals surface area contributed by atoms with Crippen molar-refractivity contribution in [2.75, 3.05) is 19.3 Å². The van der Waals surface area contributed by atoms with Crippen LogP contribution in [0.2, 0.25) is 0 Å². The average molecular weight is 350 g/mol. The lowest BCUT2D eigenvalue weighted by atomic mass is 9.97. The Balaban J connectivity index is 1.63. The van der Waals surface area contributed by atoms with Gasteiger partial charge in [-0.1, -0.05) is 18.2 Å². The topological polar surface area (TPSA) is 66.5 Å². The predicted octanol–water partition coefficient (Wildman–Crippen LogP) is 2.02. The molecule has 2 aliphatic rings. The fourth-order valence-corrected chi connectivity index (χ4v) is 4.64. The van der Waals surface area contributed by atoms with Crippen molar-refractivity contribution in [1.82, 2.24) is 9.62 Å². The summed E-state index contributed by atoms with van der Waals surface area (Å²) < 4.78 is 24.8. The van der Waals surface area contributed by atoms with Gasteiger partial charge < -0.3 is 5.32 Å². The van der Waals surface area contributed by atoms with Gasteiger partial charge in [-0.2, -0.15) is 0 Å². The first-order chi connectivity index (χ1) is 11.3. The van der Waals surface area contributed by atoms with E-state index in [4.69, 9.17) is 0 Å². The van der Waals surface area contributed by atoms with Crippen LogP contribution in [0.3, 0.4) is 0 Å². The fraction of sp³-hybridized carbons (Fsp3) is 0.611. The minimum atomic E-state index is -3.23. The molecule has 132 valence electrons. The molecular formula is C18H26N2O3S. The van der Waals surface area contributed by atoms with Gasteiger partial charge in [-0.15, -0.1) is 0 Å². The summed E-state index contributed by atoms with van der Waals surface area (Å²) in [7, 11) is -3.23. The van der Waals surface area contributed by atoms with E-state index in [9.17, 15) is 13.2 Å². The number of aryl methyl sites for hydroxylation is 2. The van der Waals surface area contributed by atoms with E-state index < -0.39 is 10.0 Å². The van der Waals surface area contributed by atoms with Crippen LogP contribution in [0.5, 0.6) is 0 Å². The highest BCUT2D eigenvalue weighted by atomic mass is 32.2. The van der Waals surface area contributed by atoms with Crippen LogP contribution in [0.25, 0.3) is 0 Å². The summed E-state index contributed by atoms with van der Waals surface area (Å²) in [5.41, 5.74) is 3.95. The van der Waals surface area contributed by atoms with E-state index in [1.807, 2.05) is 6.92 Å². The Morgan fingerprint density at radius 1 is 1.25 bits per heavy atom. The lowest BCUT2D eigenvalue weighted by molar-refractivity contribution is -0.126. The quantitative estimate of drug-likeness (QED) is 0.903. The first-order valence-electron chi connectivity index (χ1n) is 8.72. The maximum atomic E-state index is 12.6. The van der Waals surface area contributed by atoms with Crippen LogP contribution in [-0.4, -0.2) is 38.0 Å². The molecule has 1 aromatic rings. The SMILES string of the molecule is C[C@H](NC(=O)[C@@H]1CCCN(S(C)(=O)=O)C1)c1ccc2c(c1)CCC2. The number of hydrogen-bond acceptors (Lipinski definition) is 3. The molecule has 1 fully saturated rings. The molecule has 0 spiro atoms. The number of piperidine rings is 1. The second-order valence-corrected chi connectivity index (χ2v) is 9.05. The number of fused-ring (bicyclic) bond motifs is 1. The molecule has 6 heteroatoms. The van der Waals surface area contributed by atoms with Crippen molar-refractivity contribution in [2.24, 2.45) is 5.92 Å². The van der Waals surface area contributed by atoms with Gasteiger partial charge in [-0.05, 0) is 55.7 Å². The number of hydrogen-bond donors (Lipinski definition) is 1. The van der Waals surface area contributed by atoms with Gasteiger partial charge in [0.2, 0.25) is 15.9 Å². The first-order valence-corrected chi connectivity index (χ1v) is 10.6. The maximum Gasteiger partial charge on any atom is 0.224 e. The molecular weight excluding hydrogens is 324 g/mol. The molecule has 2 atom stereocenters. The lowest BCUT2D eigenvalue weighted by Gasteiger charge is -2.31. The van der Waals surface area contributed by atoms with Crippen LogP contribution in [0.15, 0.2) is 18.2 Å². The Bertz CT molecular complexity index is 730. The molecule has 0 unspecified atom stereocenters. The smallest absolute Gasteiger partial charge is 0.224 e. The van der Waals surface area contributed by atoms with Crippen LogP contribution in [0.4, 0.5) is 0 Å². The van der Waals surface area contributed by atoms with Crippen molar-refractivity contribution in [1.29, 1.82) is 0 Å². The van der Waals surface area contributed by atoms with Crippen molar-refractivity contribution < 1.29 is 13.2 Å². The van der Waals surface area contributed by atoms with Crippen molar-refractivity contribution >= 4 is 15.9 Å². The largest absolute Gasteiger partial charge is 0.349 e. The number of amides is 1. The molecule has 0 radical (unpaired) electrons. The standard InChI is InChI=1S/C18H26N2O3S/c1-13(15-9-8-14-5-3-6-16(14)11-15)19-18(21)17-7-4-10-20(12-17)24(2,22)23/h8-9,11,13,17H,3-7,10,12H2,1-2H3,(H,19,21)/t13-,17+/m0/s1. The zero-order valence-electron chi connectivity index (χ0n) is 14.4. The van der Waals surface area contributed by atoms with E-state index in [0.29, 0.717) is 13.1 Å². The zero-order valence-corrected chi connectivity index (χ0v) is 15.2. The summed E-state index contributed by atoms with van der Waals surface area (Å²) in [6.45, 7) is 2.80. The molecule has 1 amide bonds. The molecule has 5 nitrogen and oxygen atoms in total. The summed E-state index contributed by atoms with van der Waals surface area (Å²) in [4.78, 5) is 12.6. The van der Waals surface area contributed by atoms with Gasteiger partial charge >= 0.3 is 0 Å². The highest BCUT2D eigenvalue weighted by molar-refractivity contribution is 7.88. The van der Waals surface area contributed by atoms with Crippen LogP contribution >= 0.6 is 0 Å². The third-order valence-electron chi connectivity index (χ3n) is 5.21. The molecule has 0 saturated carbocycles. The van der Waals surface area contributed by atoms with Crippen LogP contribution in [0, 0.1) is 5.92 Å². The molecule has 24 heavy (non-hydrogen) atoms. The molecule has 1 aromatic carbocycles. The number of benzene rings is 1. The molecule has 1 aliphatic carbocycles. The van der Waals surface area contributed by atoms with Crippen LogP contribution in [-0.2, 0) is 27.7 Å². The number of nitrogens with zero attached hydrogens (tertiary/aromatic N) is 1. The van der Waals surface area contributed by atoms with Gasteiger partial charge in [0.15, 0.2) is 0 Å². The second-order valence-electron chi connectivity index (χ2n) is 7.07. The molecule has 1 aliphatic heterocycles. The Morgan fingerprint density at radius 2 is 2.00 bits per heavy atom. The number of carbonyl (C=O) groups is 1.